The zero-order valence-corrected chi connectivity index (χ0v) is 22.0. The van der Waals surface area contributed by atoms with Crippen molar-refractivity contribution in [3.63, 3.8) is 0 Å². The first-order valence-corrected chi connectivity index (χ1v) is 13.0. The molecule has 3 rings (SSSR count). The van der Waals surface area contributed by atoms with Crippen LogP contribution in [0.1, 0.15) is 48.9 Å². The minimum atomic E-state index is -1.15. The summed E-state index contributed by atoms with van der Waals surface area (Å²) in [6, 6.07) is 4.95. The normalized spacial score (nSPS) is 20.5. The predicted octanol–water partition coefficient (Wildman–Crippen LogP) is -0.0440. The molecule has 0 aliphatic carbocycles. The Balaban J connectivity index is 1.87. The summed E-state index contributed by atoms with van der Waals surface area (Å²) < 4.78 is 0. The molecule has 2 amide bonds. The van der Waals surface area contributed by atoms with Crippen molar-refractivity contribution in [1.82, 2.24) is 19.6 Å². The molecule has 14 heteroatoms. The molecular formula is C26H34N4O10. The lowest BCUT2D eigenvalue weighted by Gasteiger charge is -2.41. The predicted molar refractivity (Wildman–Crippen MR) is 137 cm³/mol. The number of hydrogen-bond donors (Lipinski definition) is 4. The van der Waals surface area contributed by atoms with Gasteiger partial charge in [-0.05, 0) is 37.1 Å². The van der Waals surface area contributed by atoms with E-state index in [1.54, 1.807) is 24.3 Å². The minimum absolute atomic E-state index is 0.0798. The van der Waals surface area contributed by atoms with Crippen LogP contribution in [-0.2, 0) is 28.8 Å². The number of nitrogens with zero attached hydrogens (tertiary/aromatic N) is 4. The van der Waals surface area contributed by atoms with Crippen molar-refractivity contribution in [3.05, 3.63) is 35.4 Å². The van der Waals surface area contributed by atoms with Crippen LogP contribution in [0.25, 0.3) is 0 Å². The van der Waals surface area contributed by atoms with Gasteiger partial charge in [0.2, 0.25) is 11.8 Å². The van der Waals surface area contributed by atoms with Gasteiger partial charge in [0.1, 0.15) is 25.2 Å². The molecule has 0 spiro atoms. The monoisotopic (exact) mass is 562 g/mol. The van der Waals surface area contributed by atoms with Gasteiger partial charge in [-0.2, -0.15) is 0 Å². The summed E-state index contributed by atoms with van der Waals surface area (Å²) in [7, 11) is 0. The summed E-state index contributed by atoms with van der Waals surface area (Å²) in [6.45, 7) is 0.792. The molecule has 2 saturated heterocycles. The van der Waals surface area contributed by atoms with Crippen molar-refractivity contribution < 1.29 is 49.2 Å². The van der Waals surface area contributed by atoms with Crippen LogP contribution in [0.3, 0.4) is 0 Å². The Labute approximate surface area is 230 Å². The van der Waals surface area contributed by atoms with Gasteiger partial charge in [0.15, 0.2) is 0 Å². The Kier molecular flexibility index (Phi) is 10.6. The lowest BCUT2D eigenvalue weighted by molar-refractivity contribution is -0.150. The molecule has 2 unspecified atom stereocenters. The molecule has 2 heterocycles. The first-order chi connectivity index (χ1) is 19.0. The molecule has 2 atom stereocenters. The van der Waals surface area contributed by atoms with Gasteiger partial charge in [0, 0.05) is 39.0 Å². The number of benzene rings is 1. The van der Waals surface area contributed by atoms with E-state index >= 15 is 0 Å². The third-order valence-corrected chi connectivity index (χ3v) is 7.03. The SMILES string of the molecule is O=C(O)CCCN1CCN(CC(=O)O)C(=O)C1c1ccc(C2C(=O)N(CC(=O)O)CCN2CCCC(=O)O)cc1. The number of carboxylic acids is 4. The molecule has 218 valence electrons. The molecule has 1 aromatic rings. The molecule has 2 fully saturated rings. The van der Waals surface area contributed by atoms with Gasteiger partial charge in [0.25, 0.3) is 0 Å². The smallest absolute Gasteiger partial charge is 0.323 e. The summed E-state index contributed by atoms with van der Waals surface area (Å²) in [5, 5.41) is 36.5. The Morgan fingerprint density at radius 3 is 1.25 bits per heavy atom. The molecule has 0 bridgehead atoms. The second kappa shape index (κ2) is 13.8. The summed E-state index contributed by atoms with van der Waals surface area (Å²) in [4.78, 5) is 77.3. The van der Waals surface area contributed by atoms with Crippen molar-refractivity contribution in [2.75, 3.05) is 52.4 Å². The fourth-order valence-corrected chi connectivity index (χ4v) is 5.19. The van der Waals surface area contributed by atoms with Crippen molar-refractivity contribution in [3.8, 4) is 0 Å². The lowest BCUT2D eigenvalue weighted by atomic mass is 9.95. The van der Waals surface area contributed by atoms with Gasteiger partial charge in [-0.15, -0.1) is 0 Å². The Bertz CT molecular complexity index is 1040. The van der Waals surface area contributed by atoms with E-state index in [1.807, 2.05) is 9.80 Å². The third kappa shape index (κ3) is 7.99. The molecule has 0 saturated carbocycles. The molecule has 2 aliphatic heterocycles. The molecule has 40 heavy (non-hydrogen) atoms. The van der Waals surface area contributed by atoms with Gasteiger partial charge in [-0.25, -0.2) is 0 Å². The maximum absolute atomic E-state index is 13.3. The molecule has 1 aromatic carbocycles. The van der Waals surface area contributed by atoms with E-state index < -0.39 is 60.9 Å². The Hall–Kier alpha value is -4.04. The number of carbonyl (C=O) groups is 6. The number of carbonyl (C=O) groups excluding carboxylic acids is 2. The molecule has 0 aromatic heterocycles. The largest absolute Gasteiger partial charge is 0.481 e. The fourth-order valence-electron chi connectivity index (χ4n) is 5.19. The zero-order valence-electron chi connectivity index (χ0n) is 22.0. The third-order valence-electron chi connectivity index (χ3n) is 7.03. The highest BCUT2D eigenvalue weighted by molar-refractivity contribution is 5.88. The van der Waals surface area contributed by atoms with E-state index in [1.165, 1.54) is 9.80 Å². The quantitative estimate of drug-likeness (QED) is 0.236. The van der Waals surface area contributed by atoms with Crippen molar-refractivity contribution >= 4 is 35.7 Å². The second-order valence-corrected chi connectivity index (χ2v) is 9.85. The zero-order chi connectivity index (χ0) is 29.4. The minimum Gasteiger partial charge on any atom is -0.481 e. The summed E-state index contributed by atoms with van der Waals surface area (Å²) >= 11 is 0. The van der Waals surface area contributed by atoms with Crippen LogP contribution in [0.2, 0.25) is 0 Å². The summed E-state index contributed by atoms with van der Waals surface area (Å²) in [5.74, 6) is -5.06. The van der Waals surface area contributed by atoms with E-state index in [0.29, 0.717) is 50.1 Å². The highest BCUT2D eigenvalue weighted by atomic mass is 16.4. The fraction of sp³-hybridized carbons (Fsp3) is 0.538. The number of aliphatic carboxylic acids is 4. The van der Waals surface area contributed by atoms with E-state index in [2.05, 4.69) is 0 Å². The number of amides is 2. The van der Waals surface area contributed by atoms with E-state index in [-0.39, 0.29) is 25.9 Å². The molecular weight excluding hydrogens is 528 g/mol. The van der Waals surface area contributed by atoms with Gasteiger partial charge in [0.05, 0.1) is 0 Å². The number of rotatable bonds is 14. The second-order valence-electron chi connectivity index (χ2n) is 9.85. The van der Waals surface area contributed by atoms with Crippen molar-refractivity contribution in [2.24, 2.45) is 0 Å². The number of carboxylic acid groups (broad SMARTS) is 4. The van der Waals surface area contributed by atoms with E-state index in [9.17, 15) is 39.0 Å². The lowest BCUT2D eigenvalue weighted by Crippen LogP contribution is -2.54. The van der Waals surface area contributed by atoms with Crippen LogP contribution >= 0.6 is 0 Å². The van der Waals surface area contributed by atoms with Crippen LogP contribution in [0.4, 0.5) is 0 Å². The van der Waals surface area contributed by atoms with Crippen LogP contribution in [0.15, 0.2) is 24.3 Å². The van der Waals surface area contributed by atoms with Gasteiger partial charge in [-0.1, -0.05) is 24.3 Å². The Morgan fingerprint density at radius 1 is 0.600 bits per heavy atom. The van der Waals surface area contributed by atoms with Crippen LogP contribution in [0.5, 0.6) is 0 Å². The molecule has 2 aliphatic rings. The Morgan fingerprint density at radius 2 is 0.950 bits per heavy atom. The van der Waals surface area contributed by atoms with Gasteiger partial charge in [-0.3, -0.25) is 38.6 Å². The molecule has 0 radical (unpaired) electrons. The molecule has 14 nitrogen and oxygen atoms in total. The van der Waals surface area contributed by atoms with Crippen molar-refractivity contribution in [1.29, 1.82) is 0 Å². The molecule has 4 N–H and O–H groups in total. The van der Waals surface area contributed by atoms with Gasteiger partial charge < -0.3 is 30.2 Å². The maximum Gasteiger partial charge on any atom is 0.323 e. The summed E-state index contributed by atoms with van der Waals surface area (Å²) in [5.41, 5.74) is 1.09. The van der Waals surface area contributed by atoms with Crippen LogP contribution < -0.4 is 0 Å². The topological polar surface area (TPSA) is 196 Å². The van der Waals surface area contributed by atoms with E-state index in [0.717, 1.165) is 0 Å². The maximum atomic E-state index is 13.3. The van der Waals surface area contributed by atoms with Gasteiger partial charge >= 0.3 is 23.9 Å². The number of hydrogen-bond acceptors (Lipinski definition) is 8. The average Bonchev–Trinajstić information content (AvgIpc) is 2.87. The highest BCUT2D eigenvalue weighted by Crippen LogP contribution is 2.31. The van der Waals surface area contributed by atoms with E-state index in [4.69, 9.17) is 10.2 Å². The first-order valence-electron chi connectivity index (χ1n) is 13.0. The van der Waals surface area contributed by atoms with Crippen LogP contribution in [-0.4, -0.2) is 128 Å². The number of piperazine rings is 2. The van der Waals surface area contributed by atoms with Crippen LogP contribution in [0, 0.1) is 0 Å². The standard InChI is InChI=1S/C26H34N4O10/c31-19(32)3-1-9-27-11-13-29(15-21(35)36)25(39)23(27)17-5-7-18(8-6-17)24-26(40)30(16-22(37)38)14-12-28(24)10-2-4-20(33)34/h5-8,23-24H,1-4,9-16H2,(H,31,32)(H,33,34)(H,35,36)(H,37,38). The van der Waals surface area contributed by atoms with Crippen molar-refractivity contribution in [2.45, 2.75) is 37.8 Å². The average molecular weight is 563 g/mol. The highest BCUT2D eigenvalue weighted by Gasteiger charge is 2.39. The first kappa shape index (κ1) is 30.5. The summed E-state index contributed by atoms with van der Waals surface area (Å²) in [6.07, 6.45) is 0.446.